The maximum atomic E-state index is 12.2. The van der Waals surface area contributed by atoms with Crippen LogP contribution in [0.3, 0.4) is 0 Å². The molecule has 0 aliphatic rings. The van der Waals surface area contributed by atoms with E-state index in [2.05, 4.69) is 26.8 Å². The number of anilines is 1. The van der Waals surface area contributed by atoms with Gasteiger partial charge in [0.05, 0.1) is 10.7 Å². The molecule has 0 bridgehead atoms. The molecule has 3 amide bonds. The molecule has 0 unspecified atom stereocenters. The van der Waals surface area contributed by atoms with Gasteiger partial charge in [0.15, 0.2) is 5.11 Å². The van der Waals surface area contributed by atoms with Gasteiger partial charge < -0.3 is 16.0 Å². The molecule has 2 aromatic rings. The predicted molar refractivity (Wildman–Crippen MR) is 115 cm³/mol. The molecule has 0 heterocycles. The van der Waals surface area contributed by atoms with E-state index < -0.39 is 0 Å². The Hall–Kier alpha value is -2.84. The number of hydrogen-bond acceptors (Lipinski definition) is 3. The van der Waals surface area contributed by atoms with E-state index in [1.165, 1.54) is 0 Å². The van der Waals surface area contributed by atoms with Crippen molar-refractivity contribution in [3.8, 4) is 0 Å². The van der Waals surface area contributed by atoms with Crippen LogP contribution in [-0.2, 0) is 6.54 Å². The fourth-order valence-electron chi connectivity index (χ4n) is 2.17. The van der Waals surface area contributed by atoms with E-state index in [0.717, 1.165) is 5.56 Å². The van der Waals surface area contributed by atoms with E-state index >= 15 is 0 Å². The molecule has 2 aromatic carbocycles. The molecule has 2 rings (SSSR count). The summed E-state index contributed by atoms with van der Waals surface area (Å²) in [6.45, 7) is 4.14. The lowest BCUT2D eigenvalue weighted by Gasteiger charge is -2.13. The van der Waals surface area contributed by atoms with Crippen molar-refractivity contribution < 1.29 is 9.59 Å². The van der Waals surface area contributed by atoms with Crippen molar-refractivity contribution in [2.24, 2.45) is 0 Å². The summed E-state index contributed by atoms with van der Waals surface area (Å²) in [7, 11) is 0. The summed E-state index contributed by atoms with van der Waals surface area (Å²) in [4.78, 5) is 23.8. The Bertz CT molecular complexity index is 842. The molecule has 0 atom stereocenters. The smallest absolute Gasteiger partial charge is 0.315 e. The second kappa shape index (κ2) is 10.5. The average Bonchev–Trinajstić information content (AvgIpc) is 2.66. The van der Waals surface area contributed by atoms with Crippen molar-refractivity contribution in [3.05, 3.63) is 64.7 Å². The monoisotopic (exact) mass is 419 g/mol. The van der Waals surface area contributed by atoms with Gasteiger partial charge in [0, 0.05) is 18.2 Å². The number of rotatable bonds is 5. The lowest BCUT2D eigenvalue weighted by Crippen LogP contribution is -2.43. The van der Waals surface area contributed by atoms with Crippen molar-refractivity contribution in [1.29, 1.82) is 0 Å². The minimum Gasteiger partial charge on any atom is -0.336 e. The summed E-state index contributed by atoms with van der Waals surface area (Å²) in [6.07, 6.45) is 0. The second-order valence-electron chi connectivity index (χ2n) is 6.19. The molecule has 0 aliphatic carbocycles. The molecule has 0 radical (unpaired) electrons. The average molecular weight is 420 g/mol. The van der Waals surface area contributed by atoms with Crippen LogP contribution in [0.2, 0.25) is 5.02 Å². The highest BCUT2D eigenvalue weighted by Crippen LogP contribution is 2.19. The van der Waals surface area contributed by atoms with Crippen LogP contribution < -0.4 is 26.8 Å². The molecule has 9 heteroatoms. The summed E-state index contributed by atoms with van der Waals surface area (Å²) >= 11 is 11.2. The number of hydrogen-bond donors (Lipinski definition) is 5. The first-order valence-electron chi connectivity index (χ1n) is 8.60. The molecular formula is C19H22ClN5O2S. The molecule has 0 aromatic heterocycles. The summed E-state index contributed by atoms with van der Waals surface area (Å²) < 4.78 is 0. The van der Waals surface area contributed by atoms with Crippen LogP contribution in [0.25, 0.3) is 0 Å². The van der Waals surface area contributed by atoms with Gasteiger partial charge in [0.2, 0.25) is 0 Å². The Morgan fingerprint density at radius 3 is 2.36 bits per heavy atom. The summed E-state index contributed by atoms with van der Waals surface area (Å²) in [5.74, 6) is -0.347. The molecule has 7 nitrogen and oxygen atoms in total. The van der Waals surface area contributed by atoms with Gasteiger partial charge in [-0.1, -0.05) is 35.9 Å². The Morgan fingerprint density at radius 1 is 1.04 bits per heavy atom. The number of amides is 3. The van der Waals surface area contributed by atoms with Gasteiger partial charge in [-0.15, -0.1) is 0 Å². The summed E-state index contributed by atoms with van der Waals surface area (Å²) in [5.41, 5.74) is 7.10. The maximum Gasteiger partial charge on any atom is 0.315 e. The van der Waals surface area contributed by atoms with Crippen molar-refractivity contribution in [2.45, 2.75) is 26.4 Å². The zero-order chi connectivity index (χ0) is 20.5. The van der Waals surface area contributed by atoms with Crippen LogP contribution in [0.4, 0.5) is 10.5 Å². The van der Waals surface area contributed by atoms with E-state index in [0.29, 0.717) is 22.8 Å². The molecule has 0 spiro atoms. The van der Waals surface area contributed by atoms with Crippen LogP contribution in [-0.4, -0.2) is 23.1 Å². The maximum absolute atomic E-state index is 12.2. The van der Waals surface area contributed by atoms with Crippen LogP contribution in [0.5, 0.6) is 0 Å². The largest absolute Gasteiger partial charge is 0.336 e. The molecule has 28 heavy (non-hydrogen) atoms. The fraction of sp³-hybridized carbons (Fsp3) is 0.211. The van der Waals surface area contributed by atoms with Crippen LogP contribution >= 0.6 is 23.8 Å². The van der Waals surface area contributed by atoms with E-state index in [4.69, 9.17) is 23.8 Å². The predicted octanol–water partition coefficient (Wildman–Crippen LogP) is 3.18. The zero-order valence-corrected chi connectivity index (χ0v) is 17.1. The van der Waals surface area contributed by atoms with Gasteiger partial charge in [-0.25, -0.2) is 4.79 Å². The first-order chi connectivity index (χ1) is 13.3. The first kappa shape index (κ1) is 21.5. The third-order valence-electron chi connectivity index (χ3n) is 3.50. The minimum absolute atomic E-state index is 0.0667. The van der Waals surface area contributed by atoms with Gasteiger partial charge in [0.25, 0.3) is 5.91 Å². The lowest BCUT2D eigenvalue weighted by atomic mass is 10.1. The van der Waals surface area contributed by atoms with Gasteiger partial charge in [0.1, 0.15) is 0 Å². The number of carbonyl (C=O) groups is 2. The van der Waals surface area contributed by atoms with Crippen LogP contribution in [0, 0.1) is 0 Å². The van der Waals surface area contributed by atoms with Gasteiger partial charge >= 0.3 is 6.03 Å². The standard InChI is InChI=1S/C19H22ClN5O2S/c1-12(2)22-18(27)21-11-13-7-9-14(10-8-13)17(26)24-25-19(28)23-16-6-4-3-5-15(16)20/h3-10,12H,11H2,1-2H3,(H,24,26)(H2,21,22,27)(H2,23,25,28). The van der Waals surface area contributed by atoms with Crippen LogP contribution in [0.15, 0.2) is 48.5 Å². The molecule has 0 aliphatic heterocycles. The van der Waals surface area contributed by atoms with E-state index in [-0.39, 0.29) is 23.1 Å². The molecule has 0 saturated carbocycles. The lowest BCUT2D eigenvalue weighted by molar-refractivity contribution is 0.0944. The zero-order valence-electron chi connectivity index (χ0n) is 15.5. The quantitative estimate of drug-likeness (QED) is 0.379. The van der Waals surface area contributed by atoms with Crippen molar-refractivity contribution in [2.75, 3.05) is 5.32 Å². The van der Waals surface area contributed by atoms with Gasteiger partial charge in [-0.2, -0.15) is 0 Å². The molecule has 148 valence electrons. The number of thiocarbonyl (C=S) groups is 1. The van der Waals surface area contributed by atoms with Crippen molar-refractivity contribution in [1.82, 2.24) is 21.5 Å². The van der Waals surface area contributed by atoms with Crippen LogP contribution in [0.1, 0.15) is 29.8 Å². The molecule has 0 saturated heterocycles. The number of carbonyl (C=O) groups excluding carboxylic acids is 2. The van der Waals surface area contributed by atoms with Crippen molar-refractivity contribution >= 4 is 46.6 Å². The van der Waals surface area contributed by atoms with Gasteiger partial charge in [-0.05, 0) is 55.9 Å². The second-order valence-corrected chi connectivity index (χ2v) is 7.01. The Labute approximate surface area is 174 Å². The number of para-hydroxylation sites is 1. The Morgan fingerprint density at radius 2 is 1.71 bits per heavy atom. The third-order valence-corrected chi connectivity index (χ3v) is 4.03. The van der Waals surface area contributed by atoms with E-state index in [1.807, 2.05) is 26.0 Å². The number of halogens is 1. The number of hydrazine groups is 1. The first-order valence-corrected chi connectivity index (χ1v) is 9.39. The highest BCUT2D eigenvalue weighted by Gasteiger charge is 2.08. The van der Waals surface area contributed by atoms with Gasteiger partial charge in [-0.3, -0.25) is 15.6 Å². The molecule has 0 fully saturated rings. The normalized spacial score (nSPS) is 10.1. The molecule has 5 N–H and O–H groups in total. The Balaban J connectivity index is 1.80. The third kappa shape index (κ3) is 7.05. The highest BCUT2D eigenvalue weighted by molar-refractivity contribution is 7.80. The highest BCUT2D eigenvalue weighted by atomic mass is 35.5. The number of nitrogens with one attached hydrogen (secondary N) is 5. The van der Waals surface area contributed by atoms with Crippen molar-refractivity contribution in [3.63, 3.8) is 0 Å². The minimum atomic E-state index is -0.347. The molecular weight excluding hydrogens is 398 g/mol. The van der Waals surface area contributed by atoms with E-state index in [1.54, 1.807) is 36.4 Å². The summed E-state index contributed by atoms with van der Waals surface area (Å²) in [6, 6.07) is 13.8. The fourth-order valence-corrected chi connectivity index (χ4v) is 2.52. The Kier molecular flexibility index (Phi) is 8.03. The SMILES string of the molecule is CC(C)NC(=O)NCc1ccc(C(=O)NNC(=S)Nc2ccccc2Cl)cc1. The number of benzene rings is 2. The van der Waals surface area contributed by atoms with E-state index in [9.17, 15) is 9.59 Å². The summed E-state index contributed by atoms with van der Waals surface area (Å²) in [5, 5.41) is 9.11. The topological polar surface area (TPSA) is 94.3 Å². The number of urea groups is 1.